The maximum Gasteiger partial charge on any atom is 0.217 e. The average Bonchev–Trinajstić information content (AvgIpc) is 2.79. The normalized spacial score (nSPS) is 13.1. The molecule has 1 aliphatic rings. The third-order valence-electron chi connectivity index (χ3n) is 5.72. The van der Waals surface area contributed by atoms with Gasteiger partial charge in [0, 0.05) is 24.4 Å². The van der Waals surface area contributed by atoms with Crippen LogP contribution >= 0.6 is 0 Å². The number of primary amides is 1. The molecular weight excluding hydrogens is 445 g/mol. The molecule has 9 heteroatoms. The van der Waals surface area contributed by atoms with Gasteiger partial charge in [0.2, 0.25) is 5.91 Å². The van der Waals surface area contributed by atoms with E-state index >= 15 is 0 Å². The quantitative estimate of drug-likeness (QED) is 0.560. The maximum atomic E-state index is 14.8. The highest BCUT2D eigenvalue weighted by molar-refractivity contribution is 5.74. The summed E-state index contributed by atoms with van der Waals surface area (Å²) in [4.78, 5) is 21.3. The van der Waals surface area contributed by atoms with Crippen molar-refractivity contribution in [1.82, 2.24) is 9.97 Å². The second-order valence-electron chi connectivity index (χ2n) is 8.49. The van der Waals surface area contributed by atoms with Crippen molar-refractivity contribution in [2.45, 2.75) is 39.2 Å². The number of carbonyl (C=O) groups is 1. The number of amides is 1. The van der Waals surface area contributed by atoms with Gasteiger partial charge in [-0.25, -0.2) is 23.1 Å². The van der Waals surface area contributed by atoms with Gasteiger partial charge in [-0.2, -0.15) is 0 Å². The number of ether oxygens (including phenoxy) is 1. The van der Waals surface area contributed by atoms with Crippen molar-refractivity contribution in [3.63, 3.8) is 0 Å². The van der Waals surface area contributed by atoms with Crippen molar-refractivity contribution >= 4 is 11.6 Å². The molecule has 0 spiro atoms. The van der Waals surface area contributed by atoms with Gasteiger partial charge in [-0.15, -0.1) is 0 Å². The van der Waals surface area contributed by atoms with Crippen molar-refractivity contribution in [2.75, 3.05) is 18.1 Å². The van der Waals surface area contributed by atoms with Crippen LogP contribution in [0.1, 0.15) is 37.2 Å². The predicted molar refractivity (Wildman–Crippen MR) is 122 cm³/mol. The zero-order valence-corrected chi connectivity index (χ0v) is 18.9. The van der Waals surface area contributed by atoms with Gasteiger partial charge in [0.15, 0.2) is 17.4 Å². The number of aromatic nitrogens is 2. The van der Waals surface area contributed by atoms with Gasteiger partial charge in [0.1, 0.15) is 23.9 Å². The van der Waals surface area contributed by atoms with Crippen LogP contribution in [-0.2, 0) is 17.6 Å². The fourth-order valence-electron chi connectivity index (χ4n) is 4.01. The van der Waals surface area contributed by atoms with E-state index in [9.17, 15) is 18.0 Å². The summed E-state index contributed by atoms with van der Waals surface area (Å²) in [5.41, 5.74) is 6.85. The van der Waals surface area contributed by atoms with E-state index in [2.05, 4.69) is 9.97 Å². The molecule has 178 valence electrons. The van der Waals surface area contributed by atoms with E-state index in [0.29, 0.717) is 30.0 Å². The van der Waals surface area contributed by atoms with E-state index in [-0.39, 0.29) is 48.1 Å². The number of anilines is 1. The van der Waals surface area contributed by atoms with E-state index in [1.54, 1.807) is 18.2 Å². The SMILES string of the molecule is CC(C)N1CCOc2c(F)cc(-c3nc(Cc4ccc(CCC(N)=O)c(F)c4)ncc3F)cc21. The number of nitrogens with zero attached hydrogens (tertiary/aromatic N) is 3. The molecule has 2 aromatic carbocycles. The van der Waals surface area contributed by atoms with Crippen LogP contribution in [0.3, 0.4) is 0 Å². The molecule has 2 N–H and O–H groups in total. The lowest BCUT2D eigenvalue weighted by atomic mass is 10.0. The van der Waals surface area contributed by atoms with Gasteiger partial charge in [-0.05, 0) is 49.6 Å². The van der Waals surface area contributed by atoms with E-state index < -0.39 is 23.4 Å². The first-order valence-electron chi connectivity index (χ1n) is 11.0. The number of nitrogens with two attached hydrogens (primary N) is 1. The van der Waals surface area contributed by atoms with E-state index in [0.717, 1.165) is 6.20 Å². The van der Waals surface area contributed by atoms with E-state index in [1.807, 2.05) is 18.7 Å². The first kappa shape index (κ1) is 23.5. The second kappa shape index (κ2) is 9.70. The summed E-state index contributed by atoms with van der Waals surface area (Å²) < 4.78 is 49.4. The highest BCUT2D eigenvalue weighted by Gasteiger charge is 2.25. The zero-order chi connectivity index (χ0) is 24.4. The predicted octanol–water partition coefficient (Wildman–Crippen LogP) is 4.18. The summed E-state index contributed by atoms with van der Waals surface area (Å²) in [5, 5.41) is 0. The van der Waals surface area contributed by atoms with Gasteiger partial charge in [0.05, 0.1) is 18.4 Å². The molecule has 0 aliphatic carbocycles. The molecule has 0 bridgehead atoms. The molecular formula is C25H25F3N4O2. The van der Waals surface area contributed by atoms with Crippen LogP contribution in [0.15, 0.2) is 36.5 Å². The minimum atomic E-state index is -0.691. The Labute approximate surface area is 195 Å². The Kier molecular flexibility index (Phi) is 6.72. The Balaban J connectivity index is 1.64. The lowest BCUT2D eigenvalue weighted by Crippen LogP contribution is -2.38. The third kappa shape index (κ3) is 4.98. The fourth-order valence-corrected chi connectivity index (χ4v) is 4.01. The Morgan fingerprint density at radius 1 is 1.15 bits per heavy atom. The molecule has 2 heterocycles. The molecule has 1 amide bonds. The molecule has 6 nitrogen and oxygen atoms in total. The van der Waals surface area contributed by atoms with Crippen LogP contribution in [-0.4, -0.2) is 35.1 Å². The molecule has 0 atom stereocenters. The minimum absolute atomic E-state index is 0.0421. The minimum Gasteiger partial charge on any atom is -0.486 e. The standard InChI is InChI=1S/C25H25F3N4O2/c1-14(2)32-7-8-34-25-19(27)11-17(12-21(25)32)24-20(28)13-30-23(31-24)10-15-3-4-16(18(26)9-15)5-6-22(29)33/h3-4,9,11-14H,5-8,10H2,1-2H3,(H2,29,33). The molecule has 34 heavy (non-hydrogen) atoms. The Bertz CT molecular complexity index is 1230. The van der Waals surface area contributed by atoms with Gasteiger partial charge in [-0.1, -0.05) is 12.1 Å². The van der Waals surface area contributed by atoms with E-state index in [4.69, 9.17) is 10.5 Å². The van der Waals surface area contributed by atoms with Crippen LogP contribution in [0.5, 0.6) is 5.75 Å². The molecule has 1 aliphatic heterocycles. The molecule has 1 aromatic heterocycles. The average molecular weight is 470 g/mol. The topological polar surface area (TPSA) is 81.3 Å². The highest BCUT2D eigenvalue weighted by Crippen LogP contribution is 2.39. The molecule has 0 saturated carbocycles. The summed E-state index contributed by atoms with van der Waals surface area (Å²) in [7, 11) is 0. The van der Waals surface area contributed by atoms with Crippen molar-refractivity contribution < 1.29 is 22.7 Å². The van der Waals surface area contributed by atoms with Crippen LogP contribution in [0, 0.1) is 17.5 Å². The number of hydrogen-bond donors (Lipinski definition) is 1. The molecule has 3 aromatic rings. The summed E-state index contributed by atoms with van der Waals surface area (Å²) in [6, 6.07) is 7.58. The molecule has 0 radical (unpaired) electrons. The van der Waals surface area contributed by atoms with Crippen LogP contribution in [0.2, 0.25) is 0 Å². The van der Waals surface area contributed by atoms with Crippen molar-refractivity contribution in [3.05, 3.63) is 70.9 Å². The first-order chi connectivity index (χ1) is 16.2. The van der Waals surface area contributed by atoms with Crippen LogP contribution in [0.4, 0.5) is 18.9 Å². The van der Waals surface area contributed by atoms with Crippen molar-refractivity contribution in [3.8, 4) is 17.0 Å². The van der Waals surface area contributed by atoms with Crippen LogP contribution in [0.25, 0.3) is 11.3 Å². The number of halogens is 3. The molecule has 0 saturated heterocycles. The molecule has 0 fully saturated rings. The number of aryl methyl sites for hydroxylation is 1. The number of carbonyl (C=O) groups excluding carboxylic acids is 1. The van der Waals surface area contributed by atoms with Gasteiger partial charge in [-0.3, -0.25) is 4.79 Å². The number of benzene rings is 2. The second-order valence-corrected chi connectivity index (χ2v) is 8.49. The fraction of sp³-hybridized carbons (Fsp3) is 0.320. The van der Waals surface area contributed by atoms with Gasteiger partial charge < -0.3 is 15.4 Å². The number of hydrogen-bond acceptors (Lipinski definition) is 5. The first-order valence-corrected chi connectivity index (χ1v) is 11.0. The lowest BCUT2D eigenvalue weighted by Gasteiger charge is -2.34. The Hall–Kier alpha value is -3.62. The van der Waals surface area contributed by atoms with E-state index in [1.165, 1.54) is 12.1 Å². The Morgan fingerprint density at radius 2 is 1.94 bits per heavy atom. The summed E-state index contributed by atoms with van der Waals surface area (Å²) in [6.45, 7) is 4.93. The summed E-state index contributed by atoms with van der Waals surface area (Å²) in [5.74, 6) is -1.85. The molecule has 0 unspecified atom stereocenters. The molecule has 4 rings (SSSR count). The van der Waals surface area contributed by atoms with Gasteiger partial charge >= 0.3 is 0 Å². The summed E-state index contributed by atoms with van der Waals surface area (Å²) in [6.07, 6.45) is 1.44. The lowest BCUT2D eigenvalue weighted by molar-refractivity contribution is -0.118. The largest absolute Gasteiger partial charge is 0.486 e. The van der Waals surface area contributed by atoms with Gasteiger partial charge in [0.25, 0.3) is 0 Å². The van der Waals surface area contributed by atoms with Crippen LogP contribution < -0.4 is 15.4 Å². The summed E-state index contributed by atoms with van der Waals surface area (Å²) >= 11 is 0. The maximum absolute atomic E-state index is 14.8. The van der Waals surface area contributed by atoms with Crippen molar-refractivity contribution in [1.29, 1.82) is 0 Å². The monoisotopic (exact) mass is 470 g/mol. The smallest absolute Gasteiger partial charge is 0.217 e. The third-order valence-corrected chi connectivity index (χ3v) is 5.72. The number of fused-ring (bicyclic) bond motifs is 1. The number of rotatable bonds is 7. The zero-order valence-electron chi connectivity index (χ0n) is 18.9. The highest BCUT2D eigenvalue weighted by atomic mass is 19.1. The van der Waals surface area contributed by atoms with Crippen molar-refractivity contribution in [2.24, 2.45) is 5.73 Å². The Morgan fingerprint density at radius 3 is 2.65 bits per heavy atom.